The lowest BCUT2D eigenvalue weighted by molar-refractivity contribution is 0.0506. The van der Waals surface area contributed by atoms with Crippen molar-refractivity contribution in [2.24, 2.45) is 0 Å². The van der Waals surface area contributed by atoms with Gasteiger partial charge in [-0.05, 0) is 56.2 Å². The Morgan fingerprint density at radius 1 is 1.09 bits per heavy atom. The van der Waals surface area contributed by atoms with E-state index in [1.807, 2.05) is 19.1 Å². The fourth-order valence-electron chi connectivity index (χ4n) is 3.02. The van der Waals surface area contributed by atoms with E-state index in [4.69, 9.17) is 14.2 Å². The number of anilines is 1. The van der Waals surface area contributed by atoms with Gasteiger partial charge in [-0.1, -0.05) is 6.92 Å². The number of carbonyl (C=O) groups is 3. The highest BCUT2D eigenvalue weighted by atomic mass is 32.1. The van der Waals surface area contributed by atoms with Gasteiger partial charge in [0.2, 0.25) is 0 Å². The minimum atomic E-state index is -0.611. The van der Waals surface area contributed by atoms with Crippen molar-refractivity contribution in [3.8, 4) is 17.0 Å². The topological polar surface area (TPSA) is 120 Å². The van der Waals surface area contributed by atoms with E-state index in [-0.39, 0.29) is 34.3 Å². The first-order valence-corrected chi connectivity index (χ1v) is 11.2. The number of nitrogens with one attached hydrogen (secondary N) is 2. The van der Waals surface area contributed by atoms with E-state index >= 15 is 0 Å². The first kappa shape index (κ1) is 24.0. The second-order valence-electron chi connectivity index (χ2n) is 6.97. The lowest BCUT2D eigenvalue weighted by Gasteiger charge is -2.07. The van der Waals surface area contributed by atoms with Crippen molar-refractivity contribution in [2.45, 2.75) is 27.2 Å². The van der Waals surface area contributed by atoms with Gasteiger partial charge < -0.3 is 19.5 Å². The van der Waals surface area contributed by atoms with Crippen molar-refractivity contribution in [1.82, 2.24) is 10.2 Å². The van der Waals surface area contributed by atoms with Gasteiger partial charge >= 0.3 is 11.9 Å². The van der Waals surface area contributed by atoms with Crippen LogP contribution in [0.1, 0.15) is 56.3 Å². The molecule has 0 saturated heterocycles. The van der Waals surface area contributed by atoms with Crippen molar-refractivity contribution in [3.05, 3.63) is 52.0 Å². The maximum absolute atomic E-state index is 12.9. The minimum Gasteiger partial charge on any atom is -0.497 e. The summed E-state index contributed by atoms with van der Waals surface area (Å²) in [5.74, 6) is -0.975. The van der Waals surface area contributed by atoms with Crippen LogP contribution in [0, 0.1) is 6.92 Å². The molecule has 0 aliphatic carbocycles. The van der Waals surface area contributed by atoms with Crippen LogP contribution in [0.5, 0.6) is 5.75 Å². The van der Waals surface area contributed by atoms with Crippen LogP contribution in [-0.4, -0.2) is 48.4 Å². The number of amides is 1. The van der Waals surface area contributed by atoms with Gasteiger partial charge in [0.1, 0.15) is 21.3 Å². The predicted octanol–water partition coefficient (Wildman–Crippen LogP) is 4.45. The Hall–Kier alpha value is -3.66. The van der Waals surface area contributed by atoms with E-state index in [1.54, 1.807) is 39.2 Å². The number of aromatic amines is 1. The molecule has 0 aliphatic rings. The van der Waals surface area contributed by atoms with Crippen LogP contribution in [0.15, 0.2) is 30.3 Å². The highest BCUT2D eigenvalue weighted by Gasteiger charge is 2.28. The second-order valence-corrected chi connectivity index (χ2v) is 7.99. The summed E-state index contributed by atoms with van der Waals surface area (Å²) < 4.78 is 15.5. The van der Waals surface area contributed by atoms with Crippen molar-refractivity contribution in [2.75, 3.05) is 25.6 Å². The van der Waals surface area contributed by atoms with E-state index < -0.39 is 17.8 Å². The number of esters is 2. The number of thiophene rings is 1. The molecule has 0 bridgehead atoms. The molecule has 0 atom stereocenters. The number of hydrogen-bond acceptors (Lipinski definition) is 8. The predicted molar refractivity (Wildman–Crippen MR) is 124 cm³/mol. The Morgan fingerprint density at radius 3 is 2.45 bits per heavy atom. The molecule has 9 nitrogen and oxygen atoms in total. The SMILES string of the molecule is CCCOC(=O)c1c(NC(=O)c2cc(-c3ccc(OC)cc3)n[nH]2)sc(C(=O)OCC)c1C. The van der Waals surface area contributed by atoms with Crippen molar-refractivity contribution < 1.29 is 28.6 Å². The van der Waals surface area contributed by atoms with Crippen molar-refractivity contribution in [1.29, 1.82) is 0 Å². The highest BCUT2D eigenvalue weighted by Crippen LogP contribution is 2.35. The largest absolute Gasteiger partial charge is 0.497 e. The molecule has 3 aromatic rings. The molecule has 174 valence electrons. The van der Waals surface area contributed by atoms with Crippen LogP contribution in [0.25, 0.3) is 11.3 Å². The Kier molecular flexibility index (Phi) is 7.83. The molecule has 33 heavy (non-hydrogen) atoms. The standard InChI is InChI=1S/C23H25N3O6S/c1-5-11-32-22(28)18-13(3)19(23(29)31-6-2)33-21(18)24-20(27)17-12-16(25-26-17)14-7-9-15(30-4)10-8-14/h7-10,12H,5-6,11H2,1-4H3,(H,24,27)(H,25,26). The minimum absolute atomic E-state index is 0.139. The Bertz CT molecular complexity index is 1150. The monoisotopic (exact) mass is 471 g/mol. The van der Waals surface area contributed by atoms with Gasteiger partial charge in [0.15, 0.2) is 0 Å². The van der Waals surface area contributed by atoms with Crippen LogP contribution in [0.4, 0.5) is 5.00 Å². The van der Waals surface area contributed by atoms with Gasteiger partial charge in [-0.15, -0.1) is 11.3 Å². The number of carbonyl (C=O) groups excluding carboxylic acids is 3. The van der Waals surface area contributed by atoms with Crippen LogP contribution in [-0.2, 0) is 9.47 Å². The van der Waals surface area contributed by atoms with Gasteiger partial charge in [0, 0.05) is 5.56 Å². The molecule has 2 N–H and O–H groups in total. The number of benzene rings is 1. The molecule has 1 aromatic carbocycles. The summed E-state index contributed by atoms with van der Waals surface area (Å²) in [7, 11) is 1.58. The third-order valence-electron chi connectivity index (χ3n) is 4.68. The number of H-pyrrole nitrogens is 1. The molecule has 10 heteroatoms. The number of methoxy groups -OCH3 is 1. The third kappa shape index (κ3) is 5.40. The van der Waals surface area contributed by atoms with Crippen LogP contribution in [0.2, 0.25) is 0 Å². The number of ether oxygens (including phenoxy) is 3. The summed E-state index contributed by atoms with van der Waals surface area (Å²) in [6.45, 7) is 5.61. The maximum Gasteiger partial charge on any atom is 0.348 e. The fourth-order valence-corrected chi connectivity index (χ4v) is 4.11. The fraction of sp³-hybridized carbons (Fsp3) is 0.304. The molecule has 1 amide bonds. The third-order valence-corrected chi connectivity index (χ3v) is 5.87. The van der Waals surface area contributed by atoms with Crippen LogP contribution < -0.4 is 10.1 Å². The van der Waals surface area contributed by atoms with Gasteiger partial charge in [-0.2, -0.15) is 5.10 Å². The lowest BCUT2D eigenvalue weighted by Crippen LogP contribution is -2.15. The van der Waals surface area contributed by atoms with Crippen LogP contribution in [0.3, 0.4) is 0 Å². The maximum atomic E-state index is 12.9. The Balaban J connectivity index is 1.87. The van der Waals surface area contributed by atoms with E-state index in [2.05, 4.69) is 15.5 Å². The van der Waals surface area contributed by atoms with E-state index in [1.165, 1.54) is 0 Å². The summed E-state index contributed by atoms with van der Waals surface area (Å²) in [4.78, 5) is 38.1. The molecule has 2 aromatic heterocycles. The zero-order valence-corrected chi connectivity index (χ0v) is 19.6. The molecule has 0 saturated carbocycles. The summed E-state index contributed by atoms with van der Waals surface area (Å²) in [6.07, 6.45) is 0.642. The summed E-state index contributed by atoms with van der Waals surface area (Å²) in [5, 5.41) is 9.81. The summed E-state index contributed by atoms with van der Waals surface area (Å²) in [5.41, 5.74) is 2.10. The number of hydrogen-bond donors (Lipinski definition) is 2. The zero-order valence-electron chi connectivity index (χ0n) is 18.8. The average molecular weight is 472 g/mol. The smallest absolute Gasteiger partial charge is 0.348 e. The summed E-state index contributed by atoms with van der Waals surface area (Å²) >= 11 is 0.971. The number of aromatic nitrogens is 2. The Labute approximate surface area is 195 Å². The first-order chi connectivity index (χ1) is 15.9. The average Bonchev–Trinajstić information content (AvgIpc) is 3.43. The van der Waals surface area contributed by atoms with Crippen molar-refractivity contribution >= 4 is 34.2 Å². The molecule has 0 spiro atoms. The molecule has 3 rings (SSSR count). The van der Waals surface area contributed by atoms with Gasteiger partial charge in [-0.3, -0.25) is 9.89 Å². The van der Waals surface area contributed by atoms with Crippen LogP contribution >= 0.6 is 11.3 Å². The zero-order chi connectivity index (χ0) is 24.0. The highest BCUT2D eigenvalue weighted by molar-refractivity contribution is 7.18. The molecule has 0 fully saturated rings. The molecular weight excluding hydrogens is 446 g/mol. The molecule has 0 radical (unpaired) electrons. The molecule has 2 heterocycles. The van der Waals surface area contributed by atoms with Gasteiger partial charge in [0.05, 0.1) is 31.6 Å². The van der Waals surface area contributed by atoms with E-state index in [9.17, 15) is 14.4 Å². The normalized spacial score (nSPS) is 10.5. The first-order valence-electron chi connectivity index (χ1n) is 10.4. The van der Waals surface area contributed by atoms with Gasteiger partial charge in [0.25, 0.3) is 5.91 Å². The van der Waals surface area contributed by atoms with Crippen molar-refractivity contribution in [3.63, 3.8) is 0 Å². The molecule has 0 aliphatic heterocycles. The van der Waals surface area contributed by atoms with Gasteiger partial charge in [-0.25, -0.2) is 9.59 Å². The molecular formula is C23H25N3O6S. The summed E-state index contributed by atoms with van der Waals surface area (Å²) in [6, 6.07) is 8.84. The quantitative estimate of drug-likeness (QED) is 0.442. The molecule has 0 unspecified atom stereocenters. The second kappa shape index (κ2) is 10.8. The lowest BCUT2D eigenvalue weighted by atomic mass is 10.1. The Morgan fingerprint density at radius 2 is 1.82 bits per heavy atom. The van der Waals surface area contributed by atoms with E-state index in [0.29, 0.717) is 23.4 Å². The number of nitrogens with zero attached hydrogens (tertiary/aromatic N) is 1. The van der Waals surface area contributed by atoms with E-state index in [0.717, 1.165) is 16.9 Å². The number of rotatable bonds is 9.